The average Bonchev–Trinajstić information content (AvgIpc) is 3.35. The molecule has 0 amide bonds. The van der Waals surface area contributed by atoms with Crippen LogP contribution in [0.15, 0.2) is 48.8 Å². The lowest BCUT2D eigenvalue weighted by atomic mass is 9.85. The molecule has 2 N–H and O–H groups in total. The summed E-state index contributed by atoms with van der Waals surface area (Å²) in [5, 5.41) is 10.5. The van der Waals surface area contributed by atoms with Gasteiger partial charge in [-0.15, -0.1) is 0 Å². The second-order valence-electron chi connectivity index (χ2n) is 9.73. The van der Waals surface area contributed by atoms with Crippen LogP contribution >= 0.6 is 0 Å². The van der Waals surface area contributed by atoms with Gasteiger partial charge in [-0.25, -0.2) is 0 Å². The summed E-state index contributed by atoms with van der Waals surface area (Å²) < 4.78 is 53.1. The van der Waals surface area contributed by atoms with Gasteiger partial charge in [0.25, 0.3) is 0 Å². The van der Waals surface area contributed by atoms with E-state index in [0.29, 0.717) is 18.5 Å². The maximum absolute atomic E-state index is 13.6. The number of nitrogens with zero attached hydrogens (tertiary/aromatic N) is 4. The molecule has 2 aromatic heterocycles. The molecule has 10 heteroatoms. The van der Waals surface area contributed by atoms with E-state index in [1.54, 1.807) is 12.4 Å². The van der Waals surface area contributed by atoms with Gasteiger partial charge in [0.05, 0.1) is 48.6 Å². The van der Waals surface area contributed by atoms with E-state index >= 15 is 0 Å². The van der Waals surface area contributed by atoms with Gasteiger partial charge < -0.3 is 5.32 Å². The van der Waals surface area contributed by atoms with Crippen molar-refractivity contribution in [2.75, 3.05) is 38.2 Å². The zero-order chi connectivity index (χ0) is 25.3. The van der Waals surface area contributed by atoms with Crippen molar-refractivity contribution < 1.29 is 17.6 Å². The maximum atomic E-state index is 13.6. The van der Waals surface area contributed by atoms with Crippen molar-refractivity contribution in [3.8, 4) is 11.3 Å². The van der Waals surface area contributed by atoms with Gasteiger partial charge in [0, 0.05) is 37.4 Å². The number of hydrogen-bond acceptors (Lipinski definition) is 5. The summed E-state index contributed by atoms with van der Waals surface area (Å²) in [6.45, 7) is 2.96. The third kappa shape index (κ3) is 5.39. The van der Waals surface area contributed by atoms with Crippen LogP contribution in [0, 0.1) is 0 Å². The van der Waals surface area contributed by atoms with Crippen LogP contribution in [0.1, 0.15) is 36.2 Å². The molecule has 0 aliphatic carbocycles. The van der Waals surface area contributed by atoms with E-state index in [-0.39, 0.29) is 18.8 Å². The minimum absolute atomic E-state index is 0.259. The number of aromatic amines is 1. The summed E-state index contributed by atoms with van der Waals surface area (Å²) >= 11 is 0. The molecule has 36 heavy (non-hydrogen) atoms. The first-order chi connectivity index (χ1) is 17.3. The fourth-order valence-corrected chi connectivity index (χ4v) is 5.30. The number of H-pyrrole nitrogens is 1. The molecule has 2 atom stereocenters. The molecule has 4 heterocycles. The summed E-state index contributed by atoms with van der Waals surface area (Å²) in [6, 6.07) is 10.8. The van der Waals surface area contributed by atoms with E-state index in [4.69, 9.17) is 0 Å². The molecule has 5 rings (SSSR count). The van der Waals surface area contributed by atoms with Crippen molar-refractivity contribution in [2.45, 2.75) is 44.1 Å². The number of nitrogens with one attached hydrogen (secondary N) is 2. The molecule has 0 saturated carbocycles. The number of fused-ring (bicyclic) bond motifs is 1. The number of pyridine rings is 1. The Bertz CT molecular complexity index is 1140. The van der Waals surface area contributed by atoms with Gasteiger partial charge in [0.2, 0.25) is 0 Å². The minimum atomic E-state index is -4.32. The zero-order valence-electron chi connectivity index (χ0n) is 20.1. The van der Waals surface area contributed by atoms with Crippen LogP contribution in [0.5, 0.6) is 0 Å². The molecule has 0 unspecified atom stereocenters. The van der Waals surface area contributed by atoms with Crippen molar-refractivity contribution in [2.24, 2.45) is 0 Å². The Morgan fingerprint density at radius 1 is 1.14 bits per heavy atom. The van der Waals surface area contributed by atoms with Gasteiger partial charge in [-0.1, -0.05) is 12.1 Å². The van der Waals surface area contributed by atoms with E-state index in [1.165, 1.54) is 4.90 Å². The molecular formula is C26H30F4N6. The summed E-state index contributed by atoms with van der Waals surface area (Å²) in [4.78, 5) is 8.30. The van der Waals surface area contributed by atoms with Crippen LogP contribution in [0.4, 0.5) is 23.2 Å². The van der Waals surface area contributed by atoms with Crippen LogP contribution in [0.25, 0.3) is 11.3 Å². The Balaban J connectivity index is 1.39. The number of hydrogen-bond donors (Lipinski definition) is 2. The number of alkyl halides is 4. The lowest BCUT2D eigenvalue weighted by molar-refractivity contribution is -0.155. The Labute approximate surface area is 207 Å². The molecule has 3 aromatic rings. The van der Waals surface area contributed by atoms with E-state index in [2.05, 4.69) is 25.4 Å². The lowest BCUT2D eigenvalue weighted by Gasteiger charge is -2.42. The van der Waals surface area contributed by atoms with Crippen molar-refractivity contribution in [1.29, 1.82) is 0 Å². The Kier molecular flexibility index (Phi) is 6.98. The van der Waals surface area contributed by atoms with Crippen LogP contribution in [0.2, 0.25) is 0 Å². The van der Waals surface area contributed by atoms with E-state index in [1.807, 2.05) is 43.3 Å². The third-order valence-corrected chi connectivity index (χ3v) is 7.01. The largest absolute Gasteiger partial charge is 0.401 e. The number of rotatable bonds is 8. The van der Waals surface area contributed by atoms with Gasteiger partial charge in [-0.05, 0) is 55.2 Å². The van der Waals surface area contributed by atoms with E-state index in [9.17, 15) is 17.6 Å². The van der Waals surface area contributed by atoms with Gasteiger partial charge in [0.15, 0.2) is 0 Å². The van der Waals surface area contributed by atoms with Gasteiger partial charge in [-0.3, -0.25) is 24.3 Å². The zero-order valence-corrected chi connectivity index (χ0v) is 20.1. The van der Waals surface area contributed by atoms with E-state index < -0.39 is 18.8 Å². The first-order valence-corrected chi connectivity index (χ1v) is 12.3. The molecular weight excluding hydrogens is 472 g/mol. The van der Waals surface area contributed by atoms with Gasteiger partial charge in [-0.2, -0.15) is 18.3 Å². The van der Waals surface area contributed by atoms with Crippen LogP contribution in [0.3, 0.4) is 0 Å². The van der Waals surface area contributed by atoms with Crippen molar-refractivity contribution >= 4 is 5.69 Å². The summed E-state index contributed by atoms with van der Waals surface area (Å²) in [7, 11) is 0. The van der Waals surface area contributed by atoms with Crippen LogP contribution in [-0.4, -0.2) is 76.1 Å². The average molecular weight is 503 g/mol. The maximum Gasteiger partial charge on any atom is 0.401 e. The first-order valence-electron chi connectivity index (χ1n) is 12.3. The molecule has 192 valence electrons. The highest BCUT2D eigenvalue weighted by Gasteiger charge is 2.41. The molecule has 0 spiro atoms. The Morgan fingerprint density at radius 2 is 1.97 bits per heavy atom. The number of aromatic nitrogens is 3. The highest BCUT2D eigenvalue weighted by molar-refractivity contribution is 5.61. The van der Waals surface area contributed by atoms with Gasteiger partial charge in [0.1, 0.15) is 0 Å². The summed E-state index contributed by atoms with van der Waals surface area (Å²) in [6.07, 6.45) is 0.180. The Morgan fingerprint density at radius 3 is 2.64 bits per heavy atom. The molecule has 1 fully saturated rings. The Hall–Kier alpha value is -2.98. The van der Waals surface area contributed by atoms with Crippen LogP contribution < -0.4 is 5.32 Å². The number of anilines is 1. The van der Waals surface area contributed by atoms with Crippen LogP contribution in [-0.2, 0) is 6.42 Å². The van der Waals surface area contributed by atoms with Gasteiger partial charge >= 0.3 is 6.18 Å². The normalized spacial score (nSPS) is 21.2. The molecule has 2 aliphatic heterocycles. The SMILES string of the molecule is C[C@@H]1Cc2cc(-c3cc[nH]n3)ccc2[C@H](c2ccc(NC3CN(CCCF)C3)cn2)N1CC(F)(F)F. The quantitative estimate of drug-likeness (QED) is 0.433. The molecule has 2 aliphatic rings. The number of likely N-dealkylation sites (tertiary alicyclic amines) is 1. The highest BCUT2D eigenvalue weighted by atomic mass is 19.4. The monoisotopic (exact) mass is 502 g/mol. The molecule has 6 nitrogen and oxygen atoms in total. The minimum Gasteiger partial charge on any atom is -0.378 e. The number of benzene rings is 1. The molecule has 1 saturated heterocycles. The molecule has 1 aromatic carbocycles. The predicted molar refractivity (Wildman–Crippen MR) is 130 cm³/mol. The third-order valence-electron chi connectivity index (χ3n) is 7.01. The second kappa shape index (κ2) is 10.2. The van der Waals surface area contributed by atoms with Crippen molar-refractivity contribution in [3.63, 3.8) is 0 Å². The topological polar surface area (TPSA) is 60.1 Å². The fraction of sp³-hybridized carbons (Fsp3) is 0.462. The van der Waals surface area contributed by atoms with E-state index in [0.717, 1.165) is 47.7 Å². The number of halogens is 4. The standard InChI is InChI=1S/C26H30F4N6/c1-17-11-19-12-18(23-7-9-32-34-23)3-5-22(19)25(36(17)16-26(28,29)30)24-6-4-20(13-31-24)33-21-14-35(15-21)10-2-8-27/h3-7,9,12-13,17,21,25,33H,2,8,10-11,14-16H2,1H3,(H,32,34)/t17-,25-/m1/s1. The highest BCUT2D eigenvalue weighted by Crippen LogP contribution is 2.40. The molecule has 0 radical (unpaired) electrons. The fourth-order valence-electron chi connectivity index (χ4n) is 5.30. The second-order valence-corrected chi connectivity index (χ2v) is 9.73. The molecule has 0 bridgehead atoms. The summed E-state index contributed by atoms with van der Waals surface area (Å²) in [5.74, 6) is 0. The summed E-state index contributed by atoms with van der Waals surface area (Å²) in [5.41, 5.74) is 4.99. The predicted octanol–water partition coefficient (Wildman–Crippen LogP) is 4.83. The lowest BCUT2D eigenvalue weighted by Crippen LogP contribution is -2.54. The first kappa shape index (κ1) is 24.7. The van der Waals surface area contributed by atoms with Crippen molar-refractivity contribution in [3.05, 3.63) is 65.6 Å². The van der Waals surface area contributed by atoms with Crippen molar-refractivity contribution in [1.82, 2.24) is 25.0 Å². The smallest absolute Gasteiger partial charge is 0.378 e.